The molecule has 3 heterocycles. The summed E-state index contributed by atoms with van der Waals surface area (Å²) >= 11 is 0. The summed E-state index contributed by atoms with van der Waals surface area (Å²) in [6.07, 6.45) is 3.76. The number of sulfone groups is 1. The molecule has 4 rings (SSSR count). The van der Waals surface area contributed by atoms with Crippen LogP contribution in [-0.4, -0.2) is 47.7 Å². The van der Waals surface area contributed by atoms with E-state index in [0.717, 1.165) is 74.9 Å². The summed E-state index contributed by atoms with van der Waals surface area (Å²) in [5, 5.41) is 0. The molecule has 2 aliphatic rings. The molecule has 8 heteroatoms. The van der Waals surface area contributed by atoms with E-state index in [9.17, 15) is 8.42 Å². The van der Waals surface area contributed by atoms with Crippen molar-refractivity contribution in [2.24, 2.45) is 5.92 Å². The monoisotopic (exact) mass is 461 g/mol. The Balaban J connectivity index is 1.55. The second-order valence-electron chi connectivity index (χ2n) is 9.15. The lowest BCUT2D eigenvalue weighted by Gasteiger charge is -2.30. The van der Waals surface area contributed by atoms with Crippen molar-refractivity contribution in [3.05, 3.63) is 41.0 Å². The minimum absolute atomic E-state index is 0.272. The van der Waals surface area contributed by atoms with Gasteiger partial charge in [0.25, 0.3) is 0 Å². The Kier molecular flexibility index (Phi) is 7.10. The summed E-state index contributed by atoms with van der Waals surface area (Å²) in [5.41, 5.74) is 3.52. The van der Waals surface area contributed by atoms with E-state index in [-0.39, 0.29) is 6.79 Å². The molecule has 0 bridgehead atoms. The van der Waals surface area contributed by atoms with Gasteiger partial charge in [-0.1, -0.05) is 19.4 Å². The Bertz CT molecular complexity index is 1030. The third-order valence-corrected chi connectivity index (χ3v) is 8.32. The number of benzene rings is 1. The zero-order chi connectivity index (χ0) is 22.7. The number of ether oxygens (including phenoxy) is 2. The van der Waals surface area contributed by atoms with Gasteiger partial charge in [0.05, 0.1) is 22.9 Å². The standard InChI is InChI=1S/C24H35N3O4S/c1-4-5-10-27-19(3)25-18(2)22(27)16-26(14-20-8-11-32(28,29)12-9-20)15-21-6-7-23-24(13-21)31-17-30-23/h6-7,13,20H,4-5,8-12,14-17H2,1-3H3. The van der Waals surface area contributed by atoms with Crippen LogP contribution in [0.1, 0.15) is 55.4 Å². The highest BCUT2D eigenvalue weighted by atomic mass is 32.2. The minimum Gasteiger partial charge on any atom is -0.454 e. The van der Waals surface area contributed by atoms with Crippen LogP contribution in [0.2, 0.25) is 0 Å². The number of aryl methyl sites for hydroxylation is 2. The third-order valence-electron chi connectivity index (χ3n) is 6.61. The molecule has 176 valence electrons. The molecule has 2 aliphatic heterocycles. The van der Waals surface area contributed by atoms with Gasteiger partial charge in [0.2, 0.25) is 6.79 Å². The number of fused-ring (bicyclic) bond motifs is 1. The van der Waals surface area contributed by atoms with Gasteiger partial charge < -0.3 is 14.0 Å². The summed E-state index contributed by atoms with van der Waals surface area (Å²) in [5.74, 6) is 3.66. The van der Waals surface area contributed by atoms with Crippen molar-refractivity contribution >= 4 is 9.84 Å². The largest absolute Gasteiger partial charge is 0.454 e. The summed E-state index contributed by atoms with van der Waals surface area (Å²) in [6.45, 7) is 10.1. The molecule has 0 radical (unpaired) electrons. The molecule has 7 nitrogen and oxygen atoms in total. The van der Waals surface area contributed by atoms with Gasteiger partial charge in [-0.25, -0.2) is 13.4 Å². The predicted octanol–water partition coefficient (Wildman–Crippen LogP) is 3.86. The zero-order valence-electron chi connectivity index (χ0n) is 19.5. The normalized spacial score (nSPS) is 17.9. The van der Waals surface area contributed by atoms with E-state index in [4.69, 9.17) is 14.5 Å². The molecule has 0 saturated carbocycles. The first kappa shape index (κ1) is 23.1. The summed E-state index contributed by atoms with van der Waals surface area (Å²) < 4.78 is 37.2. The van der Waals surface area contributed by atoms with Crippen LogP contribution in [0.4, 0.5) is 0 Å². The smallest absolute Gasteiger partial charge is 0.231 e. The fraction of sp³-hybridized carbons (Fsp3) is 0.625. The summed E-state index contributed by atoms with van der Waals surface area (Å²) in [4.78, 5) is 7.21. The van der Waals surface area contributed by atoms with E-state index in [2.05, 4.69) is 42.4 Å². The van der Waals surface area contributed by atoms with Gasteiger partial charge in [-0.15, -0.1) is 0 Å². The van der Waals surface area contributed by atoms with Gasteiger partial charge in [0, 0.05) is 26.2 Å². The molecular weight excluding hydrogens is 426 g/mol. The molecule has 0 unspecified atom stereocenters. The molecular formula is C24H35N3O4S. The fourth-order valence-corrected chi connectivity index (χ4v) is 6.34. The number of hydrogen-bond donors (Lipinski definition) is 0. The molecule has 1 fully saturated rings. The molecule has 1 aromatic carbocycles. The lowest BCUT2D eigenvalue weighted by Crippen LogP contribution is -2.34. The molecule has 2 aromatic rings. The first-order chi connectivity index (χ1) is 15.3. The van der Waals surface area contributed by atoms with E-state index < -0.39 is 9.84 Å². The number of aromatic nitrogens is 2. The molecule has 0 aliphatic carbocycles. The van der Waals surface area contributed by atoms with Gasteiger partial charge >= 0.3 is 0 Å². The quantitative estimate of drug-likeness (QED) is 0.565. The van der Waals surface area contributed by atoms with Crippen molar-refractivity contribution in [2.75, 3.05) is 24.8 Å². The van der Waals surface area contributed by atoms with Crippen molar-refractivity contribution in [3.63, 3.8) is 0 Å². The lowest BCUT2D eigenvalue weighted by molar-refractivity contribution is 0.173. The van der Waals surface area contributed by atoms with Gasteiger partial charge in [-0.05, 0) is 56.7 Å². The van der Waals surface area contributed by atoms with Crippen molar-refractivity contribution in [3.8, 4) is 11.5 Å². The van der Waals surface area contributed by atoms with Crippen LogP contribution in [0.3, 0.4) is 0 Å². The highest BCUT2D eigenvalue weighted by Gasteiger charge is 2.26. The van der Waals surface area contributed by atoms with E-state index in [0.29, 0.717) is 17.4 Å². The van der Waals surface area contributed by atoms with E-state index >= 15 is 0 Å². The Hall–Kier alpha value is -2.06. The van der Waals surface area contributed by atoms with Crippen molar-refractivity contribution in [2.45, 2.75) is 66.1 Å². The maximum absolute atomic E-state index is 11.9. The summed E-state index contributed by atoms with van der Waals surface area (Å²) in [6, 6.07) is 6.13. The number of hydrogen-bond acceptors (Lipinski definition) is 6. The van der Waals surface area contributed by atoms with Crippen LogP contribution in [-0.2, 0) is 29.5 Å². The predicted molar refractivity (Wildman–Crippen MR) is 125 cm³/mol. The van der Waals surface area contributed by atoms with Crippen LogP contribution in [0, 0.1) is 19.8 Å². The fourth-order valence-electron chi connectivity index (χ4n) is 4.75. The zero-order valence-corrected chi connectivity index (χ0v) is 20.3. The average molecular weight is 462 g/mol. The number of nitrogens with zero attached hydrogens (tertiary/aromatic N) is 3. The second kappa shape index (κ2) is 9.83. The van der Waals surface area contributed by atoms with Crippen molar-refractivity contribution in [1.82, 2.24) is 14.5 Å². The molecule has 0 spiro atoms. The molecule has 0 atom stereocenters. The van der Waals surface area contributed by atoms with Crippen LogP contribution in [0.15, 0.2) is 18.2 Å². The molecule has 32 heavy (non-hydrogen) atoms. The van der Waals surface area contributed by atoms with Crippen LogP contribution >= 0.6 is 0 Å². The topological polar surface area (TPSA) is 73.7 Å². The highest BCUT2D eigenvalue weighted by Crippen LogP contribution is 2.33. The molecule has 0 N–H and O–H groups in total. The van der Waals surface area contributed by atoms with Crippen LogP contribution in [0.25, 0.3) is 0 Å². The maximum atomic E-state index is 11.9. The van der Waals surface area contributed by atoms with Crippen LogP contribution in [0.5, 0.6) is 11.5 Å². The Morgan fingerprint density at radius 1 is 1.12 bits per heavy atom. The van der Waals surface area contributed by atoms with Gasteiger partial charge in [0.15, 0.2) is 11.5 Å². The number of imidazole rings is 1. The average Bonchev–Trinajstić information content (AvgIpc) is 3.32. The molecule has 0 amide bonds. The number of unbranched alkanes of at least 4 members (excludes halogenated alkanes) is 1. The SMILES string of the molecule is CCCCn1c(C)nc(C)c1CN(Cc1ccc2c(c1)OCO2)CC1CCS(=O)(=O)CC1. The van der Waals surface area contributed by atoms with Crippen LogP contribution < -0.4 is 9.47 Å². The van der Waals surface area contributed by atoms with E-state index in [1.807, 2.05) is 6.07 Å². The van der Waals surface area contributed by atoms with Gasteiger partial charge in [0.1, 0.15) is 15.7 Å². The first-order valence-corrected chi connectivity index (χ1v) is 13.5. The Morgan fingerprint density at radius 2 is 1.88 bits per heavy atom. The summed E-state index contributed by atoms with van der Waals surface area (Å²) in [7, 11) is -2.86. The van der Waals surface area contributed by atoms with E-state index in [1.54, 1.807) is 0 Å². The van der Waals surface area contributed by atoms with Gasteiger partial charge in [-0.2, -0.15) is 0 Å². The van der Waals surface area contributed by atoms with Gasteiger partial charge in [-0.3, -0.25) is 4.90 Å². The van der Waals surface area contributed by atoms with Crippen molar-refractivity contribution < 1.29 is 17.9 Å². The number of rotatable bonds is 9. The first-order valence-electron chi connectivity index (χ1n) is 11.7. The highest BCUT2D eigenvalue weighted by molar-refractivity contribution is 7.91. The van der Waals surface area contributed by atoms with Crippen molar-refractivity contribution in [1.29, 1.82) is 0 Å². The maximum Gasteiger partial charge on any atom is 0.231 e. The Labute approximate surface area is 191 Å². The molecule has 1 saturated heterocycles. The Morgan fingerprint density at radius 3 is 2.62 bits per heavy atom. The lowest BCUT2D eigenvalue weighted by atomic mass is 10.0. The second-order valence-corrected chi connectivity index (χ2v) is 11.5. The molecule has 1 aromatic heterocycles. The van der Waals surface area contributed by atoms with E-state index in [1.165, 1.54) is 11.3 Å². The minimum atomic E-state index is -2.86. The third kappa shape index (κ3) is 5.46.